The lowest BCUT2D eigenvalue weighted by molar-refractivity contribution is -0.122. The summed E-state index contributed by atoms with van der Waals surface area (Å²) >= 11 is 0. The average molecular weight is 250 g/mol. The van der Waals surface area contributed by atoms with Gasteiger partial charge in [0.15, 0.2) is 0 Å². The Morgan fingerprint density at radius 1 is 1.50 bits per heavy atom. The molecule has 1 aromatic rings. The third-order valence-electron chi connectivity index (χ3n) is 3.75. The fourth-order valence-corrected chi connectivity index (χ4v) is 2.60. The molecule has 0 aliphatic heterocycles. The Kier molecular flexibility index (Phi) is 4.23. The molecule has 0 unspecified atom stereocenters. The van der Waals surface area contributed by atoms with Gasteiger partial charge in [0.25, 0.3) is 0 Å². The minimum absolute atomic E-state index is 0.0260. The molecule has 0 spiro atoms. The highest BCUT2D eigenvalue weighted by Crippen LogP contribution is 2.26. The van der Waals surface area contributed by atoms with Crippen LogP contribution < -0.4 is 11.1 Å². The van der Waals surface area contributed by atoms with Crippen LogP contribution in [0, 0.1) is 5.92 Å². The first-order valence-electron chi connectivity index (χ1n) is 6.74. The lowest BCUT2D eigenvalue weighted by Crippen LogP contribution is -2.39. The minimum atomic E-state index is 0.0260. The van der Waals surface area contributed by atoms with E-state index in [1.165, 1.54) is 19.3 Å². The van der Waals surface area contributed by atoms with Gasteiger partial charge in [-0.2, -0.15) is 5.10 Å². The van der Waals surface area contributed by atoms with E-state index in [0.29, 0.717) is 11.7 Å². The molecule has 1 saturated carbocycles. The molecule has 0 bridgehead atoms. The Morgan fingerprint density at radius 2 is 2.22 bits per heavy atom. The maximum absolute atomic E-state index is 11.8. The van der Waals surface area contributed by atoms with Crippen molar-refractivity contribution in [3.8, 4) is 0 Å². The Morgan fingerprint density at radius 3 is 2.78 bits per heavy atom. The van der Waals surface area contributed by atoms with E-state index in [2.05, 4.69) is 17.3 Å². The number of nitrogen functional groups attached to an aromatic ring is 1. The molecule has 0 radical (unpaired) electrons. The lowest BCUT2D eigenvalue weighted by Gasteiger charge is -2.28. The summed E-state index contributed by atoms with van der Waals surface area (Å²) in [5.74, 6) is 0.877. The Balaban J connectivity index is 1.75. The predicted octanol–water partition coefficient (Wildman–Crippen LogP) is 1.55. The van der Waals surface area contributed by atoms with Crippen molar-refractivity contribution in [1.29, 1.82) is 0 Å². The first kappa shape index (κ1) is 12.9. The average Bonchev–Trinajstić information content (AvgIpc) is 2.75. The Bertz CT molecular complexity index is 393. The van der Waals surface area contributed by atoms with Crippen molar-refractivity contribution in [1.82, 2.24) is 15.1 Å². The highest BCUT2D eigenvalue weighted by Gasteiger charge is 2.21. The van der Waals surface area contributed by atoms with Crippen LogP contribution in [0.25, 0.3) is 0 Å². The van der Waals surface area contributed by atoms with Gasteiger partial charge in [0, 0.05) is 12.2 Å². The molecule has 2 rings (SSSR count). The third-order valence-corrected chi connectivity index (χ3v) is 3.75. The van der Waals surface area contributed by atoms with Gasteiger partial charge in [0.2, 0.25) is 5.91 Å². The molecule has 3 N–H and O–H groups in total. The zero-order chi connectivity index (χ0) is 13.0. The van der Waals surface area contributed by atoms with Crippen LogP contribution >= 0.6 is 0 Å². The van der Waals surface area contributed by atoms with Crippen LogP contribution in [0.2, 0.25) is 0 Å². The van der Waals surface area contributed by atoms with Crippen LogP contribution in [0.3, 0.4) is 0 Å². The molecule has 0 aromatic carbocycles. The van der Waals surface area contributed by atoms with Crippen LogP contribution in [0.15, 0.2) is 12.4 Å². The zero-order valence-electron chi connectivity index (χ0n) is 10.9. The maximum atomic E-state index is 11.8. The van der Waals surface area contributed by atoms with Crippen LogP contribution in [0.4, 0.5) is 5.69 Å². The monoisotopic (exact) mass is 250 g/mol. The molecule has 1 heterocycles. The molecule has 0 atom stereocenters. The molecule has 1 fully saturated rings. The van der Waals surface area contributed by atoms with E-state index in [0.717, 1.165) is 18.8 Å². The van der Waals surface area contributed by atoms with Gasteiger partial charge in [-0.15, -0.1) is 0 Å². The topological polar surface area (TPSA) is 72.9 Å². The van der Waals surface area contributed by atoms with Crippen LogP contribution in [0.1, 0.15) is 39.0 Å². The van der Waals surface area contributed by atoms with E-state index in [9.17, 15) is 4.79 Å². The molecule has 100 valence electrons. The second-order valence-corrected chi connectivity index (χ2v) is 5.16. The van der Waals surface area contributed by atoms with Crippen molar-refractivity contribution >= 4 is 11.6 Å². The van der Waals surface area contributed by atoms with Gasteiger partial charge in [0.1, 0.15) is 6.54 Å². The van der Waals surface area contributed by atoms with Gasteiger partial charge >= 0.3 is 0 Å². The standard InChI is InChI=1S/C13H22N4O/c1-2-10-3-5-12(6-4-10)16-13(18)9-17-8-11(14)7-15-17/h7-8,10,12H,2-6,9,14H2,1H3,(H,16,18). The number of nitrogens with two attached hydrogens (primary N) is 1. The molecule has 18 heavy (non-hydrogen) atoms. The molecular formula is C13H22N4O. The van der Waals surface area contributed by atoms with E-state index in [-0.39, 0.29) is 12.5 Å². The Labute approximate surface area is 108 Å². The van der Waals surface area contributed by atoms with Crippen molar-refractivity contribution in [2.45, 2.75) is 51.6 Å². The van der Waals surface area contributed by atoms with Gasteiger partial charge < -0.3 is 11.1 Å². The molecule has 1 aliphatic rings. The second kappa shape index (κ2) is 5.89. The largest absolute Gasteiger partial charge is 0.396 e. The van der Waals surface area contributed by atoms with Crippen molar-refractivity contribution < 1.29 is 4.79 Å². The molecule has 5 heteroatoms. The second-order valence-electron chi connectivity index (χ2n) is 5.16. The van der Waals surface area contributed by atoms with E-state index < -0.39 is 0 Å². The maximum Gasteiger partial charge on any atom is 0.241 e. The Hall–Kier alpha value is -1.52. The van der Waals surface area contributed by atoms with Gasteiger partial charge in [-0.25, -0.2) is 0 Å². The lowest BCUT2D eigenvalue weighted by atomic mass is 9.84. The van der Waals surface area contributed by atoms with Crippen LogP contribution in [-0.2, 0) is 11.3 Å². The fourth-order valence-electron chi connectivity index (χ4n) is 2.60. The van der Waals surface area contributed by atoms with Gasteiger partial charge in [-0.05, 0) is 31.6 Å². The van der Waals surface area contributed by atoms with Crippen molar-refractivity contribution in [2.24, 2.45) is 5.92 Å². The number of amides is 1. The van der Waals surface area contributed by atoms with Crippen molar-refractivity contribution in [3.05, 3.63) is 12.4 Å². The van der Waals surface area contributed by atoms with Crippen LogP contribution in [-0.4, -0.2) is 21.7 Å². The number of hydrogen-bond acceptors (Lipinski definition) is 3. The smallest absolute Gasteiger partial charge is 0.241 e. The number of nitrogens with one attached hydrogen (secondary N) is 1. The van der Waals surface area contributed by atoms with Gasteiger partial charge in [-0.1, -0.05) is 13.3 Å². The molecule has 0 saturated heterocycles. The summed E-state index contributed by atoms with van der Waals surface area (Å²) in [6.07, 6.45) is 9.16. The van der Waals surface area contributed by atoms with Gasteiger partial charge in [0.05, 0.1) is 11.9 Å². The number of carbonyl (C=O) groups excluding carboxylic acids is 1. The number of carbonyl (C=O) groups is 1. The third kappa shape index (κ3) is 3.48. The number of rotatable bonds is 4. The summed E-state index contributed by atoms with van der Waals surface area (Å²) in [5, 5.41) is 7.09. The summed E-state index contributed by atoms with van der Waals surface area (Å²) in [6, 6.07) is 0.341. The van der Waals surface area contributed by atoms with E-state index in [1.54, 1.807) is 17.1 Å². The van der Waals surface area contributed by atoms with Crippen molar-refractivity contribution in [2.75, 3.05) is 5.73 Å². The number of hydrogen-bond donors (Lipinski definition) is 2. The number of anilines is 1. The summed E-state index contributed by atoms with van der Waals surface area (Å²) in [4.78, 5) is 11.8. The molecule has 1 aromatic heterocycles. The molecule has 5 nitrogen and oxygen atoms in total. The normalized spacial score (nSPS) is 23.8. The summed E-state index contributed by atoms with van der Waals surface area (Å²) in [5.41, 5.74) is 6.14. The van der Waals surface area contributed by atoms with Crippen LogP contribution in [0.5, 0.6) is 0 Å². The fraction of sp³-hybridized carbons (Fsp3) is 0.692. The van der Waals surface area contributed by atoms with E-state index in [1.807, 2.05) is 0 Å². The zero-order valence-corrected chi connectivity index (χ0v) is 10.9. The number of aromatic nitrogens is 2. The van der Waals surface area contributed by atoms with Crippen molar-refractivity contribution in [3.63, 3.8) is 0 Å². The first-order chi connectivity index (χ1) is 8.67. The quantitative estimate of drug-likeness (QED) is 0.851. The SMILES string of the molecule is CCC1CCC(NC(=O)Cn2cc(N)cn2)CC1. The first-order valence-corrected chi connectivity index (χ1v) is 6.74. The summed E-state index contributed by atoms with van der Waals surface area (Å²) in [7, 11) is 0. The summed E-state index contributed by atoms with van der Waals surface area (Å²) < 4.78 is 1.57. The minimum Gasteiger partial charge on any atom is -0.396 e. The molecule has 1 amide bonds. The highest BCUT2D eigenvalue weighted by atomic mass is 16.2. The van der Waals surface area contributed by atoms with E-state index in [4.69, 9.17) is 5.73 Å². The number of nitrogens with zero attached hydrogens (tertiary/aromatic N) is 2. The molecule has 1 aliphatic carbocycles. The predicted molar refractivity (Wildman–Crippen MR) is 70.8 cm³/mol. The van der Waals surface area contributed by atoms with E-state index >= 15 is 0 Å². The van der Waals surface area contributed by atoms with Gasteiger partial charge in [-0.3, -0.25) is 9.48 Å². The highest BCUT2D eigenvalue weighted by molar-refractivity contribution is 5.76. The molecular weight excluding hydrogens is 228 g/mol. The summed E-state index contributed by atoms with van der Waals surface area (Å²) in [6.45, 7) is 2.50.